The molecule has 5 rings (SSSR count). The first-order valence-corrected chi connectivity index (χ1v) is 15.0. The van der Waals surface area contributed by atoms with E-state index in [9.17, 15) is 9.59 Å². The largest absolute Gasteiger partial charge is 0.457 e. The predicted molar refractivity (Wildman–Crippen MR) is 172 cm³/mol. The number of carbonyl (C=O) groups is 2. The van der Waals surface area contributed by atoms with E-state index in [1.807, 2.05) is 122 Å². The average Bonchev–Trinajstić information content (AvgIpc) is 3.36. The highest BCUT2D eigenvalue weighted by Gasteiger charge is 2.53. The molecule has 4 aromatic rings. The molecule has 0 aliphatic carbocycles. The molecular weight excluding hydrogens is 534 g/mol. The summed E-state index contributed by atoms with van der Waals surface area (Å²) < 4.78 is 5.54. The summed E-state index contributed by atoms with van der Waals surface area (Å²) in [5, 5.41) is 10.3. The summed E-state index contributed by atoms with van der Waals surface area (Å²) in [5.41, 5.74) is 4.06. The number of para-hydroxylation sites is 1. The van der Waals surface area contributed by atoms with Gasteiger partial charge in [0.1, 0.15) is 12.1 Å². The number of carbonyl (C=O) groups excluding carboxylic acids is 2. The molecule has 0 fully saturated rings. The van der Waals surface area contributed by atoms with Crippen molar-refractivity contribution in [1.82, 2.24) is 5.32 Å². The Morgan fingerprint density at radius 1 is 0.884 bits per heavy atom. The lowest BCUT2D eigenvalue weighted by Gasteiger charge is -2.38. The van der Waals surface area contributed by atoms with Crippen molar-refractivity contribution in [3.05, 3.63) is 138 Å². The molecule has 0 aromatic heterocycles. The number of hydrogen-bond acceptors (Lipinski definition) is 5. The molecule has 0 spiro atoms. The summed E-state index contributed by atoms with van der Waals surface area (Å²) in [6, 6.07) is 36.7. The zero-order valence-electron chi connectivity index (χ0n) is 25.1. The van der Waals surface area contributed by atoms with E-state index < -0.39 is 5.54 Å². The number of esters is 1. The zero-order valence-corrected chi connectivity index (χ0v) is 25.1. The smallest absolute Gasteiger partial charge is 0.338 e. The minimum Gasteiger partial charge on any atom is -0.457 e. The molecule has 1 heterocycles. The molecule has 1 aliphatic heterocycles. The number of anilines is 1. The fourth-order valence-electron chi connectivity index (χ4n) is 5.68. The maximum atomic E-state index is 14.3. The van der Waals surface area contributed by atoms with Crippen molar-refractivity contribution in [3.63, 3.8) is 0 Å². The quantitative estimate of drug-likeness (QED) is 0.187. The van der Waals surface area contributed by atoms with Crippen molar-refractivity contribution in [2.45, 2.75) is 58.2 Å². The van der Waals surface area contributed by atoms with Crippen molar-refractivity contribution in [2.75, 3.05) is 5.01 Å². The third-order valence-corrected chi connectivity index (χ3v) is 8.24. The molecule has 1 amide bonds. The van der Waals surface area contributed by atoms with Crippen molar-refractivity contribution in [3.8, 4) is 0 Å². The first-order valence-electron chi connectivity index (χ1n) is 15.0. The van der Waals surface area contributed by atoms with Crippen LogP contribution in [0.25, 0.3) is 0 Å². The molecule has 220 valence electrons. The molecule has 4 aromatic carbocycles. The van der Waals surface area contributed by atoms with Gasteiger partial charge in [-0.3, -0.25) is 4.79 Å². The molecule has 6 heteroatoms. The average molecular weight is 574 g/mol. The van der Waals surface area contributed by atoms with Gasteiger partial charge in [-0.25, -0.2) is 9.80 Å². The number of hydrazone groups is 1. The van der Waals surface area contributed by atoms with E-state index in [-0.39, 0.29) is 30.4 Å². The second kappa shape index (κ2) is 13.5. The third-order valence-electron chi connectivity index (χ3n) is 8.24. The van der Waals surface area contributed by atoms with Gasteiger partial charge in [-0.2, -0.15) is 5.10 Å². The maximum absolute atomic E-state index is 14.3. The van der Waals surface area contributed by atoms with Crippen LogP contribution in [0, 0.1) is 5.92 Å². The van der Waals surface area contributed by atoms with Gasteiger partial charge in [-0.15, -0.1) is 0 Å². The number of amides is 1. The van der Waals surface area contributed by atoms with Crippen LogP contribution in [-0.2, 0) is 16.1 Å². The molecule has 1 N–H and O–H groups in total. The Morgan fingerprint density at radius 3 is 2.12 bits per heavy atom. The number of rotatable bonds is 11. The Bertz CT molecular complexity index is 1540. The summed E-state index contributed by atoms with van der Waals surface area (Å²) in [6.07, 6.45) is 2.75. The summed E-state index contributed by atoms with van der Waals surface area (Å²) in [5.74, 6) is -0.628. The van der Waals surface area contributed by atoms with E-state index in [0.29, 0.717) is 5.56 Å². The Kier molecular flexibility index (Phi) is 9.35. The zero-order chi connectivity index (χ0) is 30.2. The van der Waals surface area contributed by atoms with Crippen molar-refractivity contribution < 1.29 is 14.3 Å². The molecule has 0 radical (unpaired) electrons. The van der Waals surface area contributed by atoms with E-state index in [4.69, 9.17) is 9.84 Å². The van der Waals surface area contributed by atoms with Gasteiger partial charge in [-0.05, 0) is 61.2 Å². The van der Waals surface area contributed by atoms with Crippen LogP contribution < -0.4 is 10.3 Å². The molecule has 1 aliphatic rings. The molecule has 0 saturated heterocycles. The maximum Gasteiger partial charge on any atom is 0.338 e. The van der Waals surface area contributed by atoms with Gasteiger partial charge in [0.15, 0.2) is 0 Å². The lowest BCUT2D eigenvalue weighted by Crippen LogP contribution is -2.58. The van der Waals surface area contributed by atoms with Crippen LogP contribution in [0.3, 0.4) is 0 Å². The van der Waals surface area contributed by atoms with Gasteiger partial charge in [-0.1, -0.05) is 111 Å². The van der Waals surface area contributed by atoms with E-state index in [2.05, 4.69) is 12.2 Å². The molecule has 0 saturated carbocycles. The highest BCUT2D eigenvalue weighted by molar-refractivity contribution is 6.11. The third kappa shape index (κ3) is 6.54. The minimum atomic E-state index is -0.970. The topological polar surface area (TPSA) is 71.0 Å². The summed E-state index contributed by atoms with van der Waals surface area (Å²) in [6.45, 7) is 6.38. The van der Waals surface area contributed by atoms with E-state index in [1.54, 1.807) is 12.1 Å². The van der Waals surface area contributed by atoms with Crippen LogP contribution in [0.1, 0.15) is 73.1 Å². The number of nitrogens with one attached hydrogen (secondary N) is 1. The van der Waals surface area contributed by atoms with Gasteiger partial charge < -0.3 is 10.1 Å². The van der Waals surface area contributed by atoms with Crippen LogP contribution in [0.2, 0.25) is 0 Å². The van der Waals surface area contributed by atoms with E-state index in [1.165, 1.54) is 0 Å². The van der Waals surface area contributed by atoms with E-state index >= 15 is 0 Å². The van der Waals surface area contributed by atoms with Crippen molar-refractivity contribution in [2.24, 2.45) is 11.0 Å². The molecule has 0 bridgehead atoms. The predicted octanol–water partition coefficient (Wildman–Crippen LogP) is 7.71. The molecule has 43 heavy (non-hydrogen) atoms. The first-order chi connectivity index (χ1) is 20.9. The van der Waals surface area contributed by atoms with Gasteiger partial charge >= 0.3 is 5.97 Å². The Balaban J connectivity index is 1.45. The van der Waals surface area contributed by atoms with Gasteiger partial charge in [0.25, 0.3) is 0 Å². The van der Waals surface area contributed by atoms with Crippen molar-refractivity contribution in [1.29, 1.82) is 0 Å². The fourth-order valence-corrected chi connectivity index (χ4v) is 5.68. The number of nitrogens with zero attached hydrogens (tertiary/aromatic N) is 2. The normalized spacial score (nSPS) is 18.5. The second-order valence-corrected chi connectivity index (χ2v) is 11.2. The van der Waals surface area contributed by atoms with Crippen LogP contribution >= 0.6 is 0 Å². The summed E-state index contributed by atoms with van der Waals surface area (Å²) >= 11 is 0. The Hall–Kier alpha value is -4.71. The molecule has 2 unspecified atom stereocenters. The number of ether oxygens (including phenoxy) is 1. The fraction of sp³-hybridized carbons (Fsp3) is 0.270. The SMILES string of the molecule is CCCCC1C(c2ccc(C(=O)OCc3ccccc3)cc2)=NN(c2ccccc2)C1(C)C(=O)N[C@H](C)c1ccccc1. The van der Waals surface area contributed by atoms with Crippen LogP contribution in [0.15, 0.2) is 120 Å². The lowest BCUT2D eigenvalue weighted by atomic mass is 9.76. The summed E-state index contributed by atoms with van der Waals surface area (Å²) in [7, 11) is 0. The highest BCUT2D eigenvalue weighted by atomic mass is 16.5. The monoisotopic (exact) mass is 573 g/mol. The Labute approximate surface area is 254 Å². The van der Waals surface area contributed by atoms with Crippen molar-refractivity contribution >= 4 is 23.3 Å². The number of hydrogen-bond donors (Lipinski definition) is 1. The Morgan fingerprint density at radius 2 is 1.49 bits per heavy atom. The summed E-state index contributed by atoms with van der Waals surface area (Å²) in [4.78, 5) is 27.1. The molecule has 3 atom stereocenters. The van der Waals surface area contributed by atoms with Gasteiger partial charge in [0.05, 0.1) is 23.0 Å². The minimum absolute atomic E-state index is 0.0753. The van der Waals surface area contributed by atoms with Crippen LogP contribution in [0.5, 0.6) is 0 Å². The number of benzene rings is 4. The first kappa shape index (κ1) is 29.8. The van der Waals surface area contributed by atoms with E-state index in [0.717, 1.165) is 47.4 Å². The van der Waals surface area contributed by atoms with Crippen LogP contribution in [-0.4, -0.2) is 23.1 Å². The van der Waals surface area contributed by atoms with Gasteiger partial charge in [0, 0.05) is 5.92 Å². The molecular formula is C37H39N3O3. The van der Waals surface area contributed by atoms with Gasteiger partial charge in [0.2, 0.25) is 5.91 Å². The second-order valence-electron chi connectivity index (χ2n) is 11.2. The standard InChI is InChI=1S/C37H39N3O3/c1-4-5-21-33-34(30-22-24-31(25-23-30)35(41)43-26-28-15-9-6-10-16-28)39-40(32-19-13-8-14-20-32)37(33,3)36(42)38-27(2)29-17-11-7-12-18-29/h6-20,22-25,27,33H,4-5,21,26H2,1-3H3,(H,38,42)/t27-,33?,37?/m1/s1. The van der Waals surface area contributed by atoms with Crippen LogP contribution in [0.4, 0.5) is 5.69 Å². The number of unbranched alkanes of at least 4 members (excludes halogenated alkanes) is 1. The lowest BCUT2D eigenvalue weighted by molar-refractivity contribution is -0.127. The highest BCUT2D eigenvalue weighted by Crippen LogP contribution is 2.42. The molecule has 6 nitrogen and oxygen atoms in total.